The fourth-order valence-corrected chi connectivity index (χ4v) is 4.73. The Morgan fingerprint density at radius 2 is 1.90 bits per heavy atom. The lowest BCUT2D eigenvalue weighted by atomic mass is 9.92. The van der Waals surface area contributed by atoms with Crippen molar-refractivity contribution in [3.05, 3.63) is 70.3 Å². The van der Waals surface area contributed by atoms with Crippen LogP contribution < -0.4 is 10.2 Å². The van der Waals surface area contributed by atoms with E-state index in [9.17, 15) is 4.79 Å². The summed E-state index contributed by atoms with van der Waals surface area (Å²) in [7, 11) is 0. The number of carbonyl (C=O) groups excluding carboxylic acids is 1. The third-order valence-electron chi connectivity index (χ3n) is 6.21. The summed E-state index contributed by atoms with van der Waals surface area (Å²) in [6, 6.07) is 14.3. The number of halogens is 1. The van der Waals surface area contributed by atoms with Crippen LogP contribution >= 0.6 is 11.6 Å². The number of nitrogens with one attached hydrogen (secondary N) is 1. The highest BCUT2D eigenvalue weighted by Gasteiger charge is 2.51. The average Bonchev–Trinajstić information content (AvgIpc) is 3.16. The molecule has 0 bridgehead atoms. The molecule has 1 amide bonds. The van der Waals surface area contributed by atoms with Crippen molar-refractivity contribution in [1.29, 1.82) is 0 Å². The molecule has 6 heteroatoms. The van der Waals surface area contributed by atoms with E-state index in [0.717, 1.165) is 34.9 Å². The summed E-state index contributed by atoms with van der Waals surface area (Å²) in [5.41, 5.74) is 7.66. The maximum atomic E-state index is 11.8. The lowest BCUT2D eigenvalue weighted by molar-refractivity contribution is -0.165. The minimum absolute atomic E-state index is 0.0770. The van der Waals surface area contributed by atoms with Gasteiger partial charge < -0.3 is 15.1 Å². The number of hydrogen-bond donors (Lipinski definition) is 1. The molecule has 1 saturated heterocycles. The zero-order chi connectivity index (χ0) is 20.2. The lowest BCUT2D eigenvalue weighted by Crippen LogP contribution is -2.64. The van der Waals surface area contributed by atoms with Crippen LogP contribution in [0.15, 0.2) is 48.5 Å². The second-order valence-electron chi connectivity index (χ2n) is 8.11. The number of benzene rings is 2. The van der Waals surface area contributed by atoms with Gasteiger partial charge in [0.05, 0.1) is 11.7 Å². The average molecular weight is 410 g/mol. The largest absolute Gasteiger partial charge is 0.470 e. The molecule has 1 N–H and O–H groups in total. The summed E-state index contributed by atoms with van der Waals surface area (Å²) in [6.07, 6.45) is 3.78. The fourth-order valence-electron chi connectivity index (χ4n) is 4.60. The van der Waals surface area contributed by atoms with E-state index in [4.69, 9.17) is 16.3 Å². The quantitative estimate of drug-likeness (QED) is 0.763. The third-order valence-corrected chi connectivity index (χ3v) is 6.46. The molecule has 0 unspecified atom stereocenters. The number of fused-ring (bicyclic) bond motifs is 4. The second-order valence-corrected chi connectivity index (χ2v) is 8.55. The first-order chi connectivity index (χ1) is 13.9. The summed E-state index contributed by atoms with van der Waals surface area (Å²) in [6.45, 7) is 5.12. The van der Waals surface area contributed by atoms with Gasteiger partial charge in [-0.15, -0.1) is 0 Å². The molecule has 29 heavy (non-hydrogen) atoms. The van der Waals surface area contributed by atoms with Gasteiger partial charge in [-0.1, -0.05) is 41.4 Å². The summed E-state index contributed by atoms with van der Waals surface area (Å²) in [5, 5.41) is 2.97. The van der Waals surface area contributed by atoms with Gasteiger partial charge in [0.2, 0.25) is 5.91 Å². The van der Waals surface area contributed by atoms with Gasteiger partial charge in [0.15, 0.2) is 5.72 Å². The molecule has 0 radical (unpaired) electrons. The predicted octanol–water partition coefficient (Wildman–Crippen LogP) is 4.28. The Balaban J connectivity index is 1.54. The number of hydrogen-bond acceptors (Lipinski definition) is 4. The number of likely N-dealkylation sites (tertiary alicyclic amines) is 1. The molecule has 2 aromatic rings. The Morgan fingerprint density at radius 3 is 2.59 bits per heavy atom. The Bertz CT molecular complexity index is 994. The van der Waals surface area contributed by atoms with Crippen molar-refractivity contribution in [2.45, 2.75) is 38.5 Å². The monoisotopic (exact) mass is 409 g/mol. The van der Waals surface area contributed by atoms with Gasteiger partial charge in [0, 0.05) is 43.4 Å². The molecular formula is C23H24ClN3O2. The Morgan fingerprint density at radius 1 is 1.17 bits per heavy atom. The first-order valence-electron chi connectivity index (χ1n) is 10.0. The molecule has 3 aliphatic rings. The standard InChI is InChI=1S/C23H24ClN3O2/c1-15-3-8-22-19(13-15)21-14-20(17-4-6-18(24)7-5-17)25-27(21)23(29-22)9-11-26(12-10-23)16(2)28/h3-8,13-14,21,25H,9-12H2,1-2H3/t21-/m1/s1. The molecule has 5 rings (SSSR count). The van der Waals surface area contributed by atoms with Crippen LogP contribution in [0.1, 0.15) is 42.5 Å². The topological polar surface area (TPSA) is 44.8 Å². The summed E-state index contributed by atoms with van der Waals surface area (Å²) in [5.74, 6) is 1.06. The van der Waals surface area contributed by atoms with E-state index < -0.39 is 5.72 Å². The van der Waals surface area contributed by atoms with Gasteiger partial charge in [0.25, 0.3) is 0 Å². The molecule has 0 aromatic heterocycles. The van der Waals surface area contributed by atoms with Gasteiger partial charge in [-0.2, -0.15) is 5.01 Å². The molecule has 150 valence electrons. The van der Waals surface area contributed by atoms with E-state index in [-0.39, 0.29) is 11.9 Å². The minimum Gasteiger partial charge on any atom is -0.470 e. The number of amides is 1. The number of aryl methyl sites for hydroxylation is 1. The van der Waals surface area contributed by atoms with Crippen LogP contribution in [0.4, 0.5) is 0 Å². The van der Waals surface area contributed by atoms with Crippen molar-refractivity contribution in [2.75, 3.05) is 13.1 Å². The second kappa shape index (κ2) is 6.78. The summed E-state index contributed by atoms with van der Waals surface area (Å²) < 4.78 is 6.63. The highest BCUT2D eigenvalue weighted by atomic mass is 35.5. The van der Waals surface area contributed by atoms with Crippen LogP contribution in [-0.4, -0.2) is 34.6 Å². The molecule has 3 heterocycles. The molecule has 1 spiro atoms. The molecule has 3 aliphatic heterocycles. The van der Waals surface area contributed by atoms with E-state index in [1.54, 1.807) is 6.92 Å². The summed E-state index contributed by atoms with van der Waals surface area (Å²) in [4.78, 5) is 13.7. The van der Waals surface area contributed by atoms with E-state index in [2.05, 4.69) is 41.6 Å². The molecule has 1 fully saturated rings. The van der Waals surface area contributed by atoms with Crippen molar-refractivity contribution in [3.8, 4) is 5.75 Å². The number of ether oxygens (including phenoxy) is 1. The highest BCUT2D eigenvalue weighted by molar-refractivity contribution is 6.30. The van der Waals surface area contributed by atoms with Gasteiger partial charge in [0.1, 0.15) is 5.75 Å². The zero-order valence-electron chi connectivity index (χ0n) is 16.6. The SMILES string of the molecule is CC(=O)N1CCC2(CC1)Oc1ccc(C)cc1[C@H]1C=C(c3ccc(Cl)cc3)NN12. The molecule has 0 saturated carbocycles. The summed E-state index contributed by atoms with van der Waals surface area (Å²) >= 11 is 6.08. The highest BCUT2D eigenvalue weighted by Crippen LogP contribution is 2.48. The fraction of sp³-hybridized carbons (Fsp3) is 0.348. The smallest absolute Gasteiger partial charge is 0.219 e. The van der Waals surface area contributed by atoms with E-state index >= 15 is 0 Å². The van der Waals surface area contributed by atoms with Gasteiger partial charge >= 0.3 is 0 Å². The predicted molar refractivity (Wildman–Crippen MR) is 113 cm³/mol. The Labute approximate surface area is 175 Å². The maximum absolute atomic E-state index is 11.8. The number of piperidine rings is 1. The third kappa shape index (κ3) is 3.09. The maximum Gasteiger partial charge on any atom is 0.219 e. The van der Waals surface area contributed by atoms with Crippen LogP contribution in [-0.2, 0) is 4.79 Å². The lowest BCUT2D eigenvalue weighted by Gasteiger charge is -2.51. The van der Waals surface area contributed by atoms with Crippen molar-refractivity contribution in [2.24, 2.45) is 0 Å². The zero-order valence-corrected chi connectivity index (χ0v) is 17.4. The van der Waals surface area contributed by atoms with Crippen LogP contribution in [0.25, 0.3) is 5.70 Å². The Kier molecular flexibility index (Phi) is 4.33. The Hall–Kier alpha value is -2.50. The number of carbonyl (C=O) groups is 1. The van der Waals surface area contributed by atoms with E-state index in [0.29, 0.717) is 13.1 Å². The molecule has 5 nitrogen and oxygen atoms in total. The van der Waals surface area contributed by atoms with Crippen molar-refractivity contribution in [3.63, 3.8) is 0 Å². The van der Waals surface area contributed by atoms with Crippen molar-refractivity contribution >= 4 is 23.2 Å². The normalized spacial score (nSPS) is 22.4. The number of hydrazine groups is 1. The van der Waals surface area contributed by atoms with Crippen molar-refractivity contribution < 1.29 is 9.53 Å². The van der Waals surface area contributed by atoms with Crippen molar-refractivity contribution in [1.82, 2.24) is 15.3 Å². The first-order valence-corrected chi connectivity index (χ1v) is 10.4. The van der Waals surface area contributed by atoms with Crippen LogP contribution in [0.2, 0.25) is 5.02 Å². The van der Waals surface area contributed by atoms with Crippen LogP contribution in [0, 0.1) is 6.92 Å². The minimum atomic E-state index is -0.483. The van der Waals surface area contributed by atoms with Crippen LogP contribution in [0.5, 0.6) is 5.75 Å². The number of nitrogens with zero attached hydrogens (tertiary/aromatic N) is 2. The van der Waals surface area contributed by atoms with Gasteiger partial charge in [-0.3, -0.25) is 4.79 Å². The van der Waals surface area contributed by atoms with Gasteiger partial charge in [-0.05, 0) is 36.8 Å². The molecular weight excluding hydrogens is 386 g/mol. The van der Waals surface area contributed by atoms with E-state index in [1.807, 2.05) is 29.2 Å². The van der Waals surface area contributed by atoms with E-state index in [1.165, 1.54) is 11.1 Å². The van der Waals surface area contributed by atoms with Gasteiger partial charge in [-0.25, -0.2) is 0 Å². The van der Waals surface area contributed by atoms with Crippen LogP contribution in [0.3, 0.4) is 0 Å². The molecule has 2 aromatic carbocycles. The molecule has 0 aliphatic carbocycles. The molecule has 1 atom stereocenters. The number of rotatable bonds is 1. The first kappa shape index (κ1) is 18.5.